The van der Waals surface area contributed by atoms with Gasteiger partial charge in [0.05, 0.1) is 31.0 Å². The van der Waals surface area contributed by atoms with Crippen LogP contribution >= 0.6 is 0 Å². The molecule has 0 saturated carbocycles. The number of ether oxygens (including phenoxy) is 1. The Morgan fingerprint density at radius 3 is 2.45 bits per heavy atom. The third-order valence-electron chi connectivity index (χ3n) is 6.87. The van der Waals surface area contributed by atoms with E-state index in [1.54, 1.807) is 11.9 Å². The van der Waals surface area contributed by atoms with Gasteiger partial charge in [0, 0.05) is 55.9 Å². The van der Waals surface area contributed by atoms with Crippen molar-refractivity contribution in [1.82, 2.24) is 10.2 Å². The fraction of sp³-hybridized carbons (Fsp3) is 0.267. The molecular weight excluding hydrogens is 478 g/mol. The second kappa shape index (κ2) is 12.0. The molecule has 196 valence electrons. The van der Waals surface area contributed by atoms with Gasteiger partial charge in [-0.25, -0.2) is 0 Å². The van der Waals surface area contributed by atoms with Crippen LogP contribution in [0.25, 0.3) is 11.3 Å². The summed E-state index contributed by atoms with van der Waals surface area (Å²) in [5, 5.41) is 9.68. The van der Waals surface area contributed by atoms with Crippen molar-refractivity contribution in [3.05, 3.63) is 90.0 Å². The highest BCUT2D eigenvalue weighted by Crippen LogP contribution is 2.37. The fourth-order valence-corrected chi connectivity index (χ4v) is 4.68. The zero-order valence-electron chi connectivity index (χ0n) is 21.6. The van der Waals surface area contributed by atoms with Crippen LogP contribution < -0.4 is 20.9 Å². The van der Waals surface area contributed by atoms with Gasteiger partial charge < -0.3 is 25.6 Å². The number of nitrogens with zero attached hydrogens (tertiary/aromatic N) is 2. The van der Waals surface area contributed by atoms with E-state index in [2.05, 4.69) is 20.9 Å². The second-order valence-electron chi connectivity index (χ2n) is 9.37. The van der Waals surface area contributed by atoms with E-state index < -0.39 is 0 Å². The van der Waals surface area contributed by atoms with Gasteiger partial charge in [-0.15, -0.1) is 0 Å². The molecule has 2 amide bonds. The van der Waals surface area contributed by atoms with Gasteiger partial charge in [-0.2, -0.15) is 0 Å². The number of likely N-dealkylation sites (N-methyl/N-ethyl adjacent to an activating group) is 1. The lowest BCUT2D eigenvalue weighted by atomic mass is 10.00. The van der Waals surface area contributed by atoms with Crippen LogP contribution in [-0.4, -0.2) is 69.7 Å². The summed E-state index contributed by atoms with van der Waals surface area (Å²) in [7, 11) is 1.78. The summed E-state index contributed by atoms with van der Waals surface area (Å²) in [5.41, 5.74) is 5.54. The van der Waals surface area contributed by atoms with E-state index in [4.69, 9.17) is 4.74 Å². The minimum absolute atomic E-state index is 0.000914. The maximum absolute atomic E-state index is 13.0. The van der Waals surface area contributed by atoms with E-state index in [0.717, 1.165) is 73.3 Å². The Balaban J connectivity index is 1.26. The summed E-state index contributed by atoms with van der Waals surface area (Å²) in [6.45, 7) is 5.37. The largest absolute Gasteiger partial charge is 0.379 e. The smallest absolute Gasteiger partial charge is 0.258 e. The quantitative estimate of drug-likeness (QED) is 0.301. The van der Waals surface area contributed by atoms with Crippen LogP contribution in [0.2, 0.25) is 0 Å². The van der Waals surface area contributed by atoms with Crippen LogP contribution in [0.5, 0.6) is 0 Å². The van der Waals surface area contributed by atoms with Crippen molar-refractivity contribution in [2.45, 2.75) is 0 Å². The summed E-state index contributed by atoms with van der Waals surface area (Å²) in [6.07, 6.45) is 0. The number of para-hydroxylation sites is 1. The summed E-state index contributed by atoms with van der Waals surface area (Å²) in [4.78, 5) is 29.7. The number of morpholine rings is 1. The minimum Gasteiger partial charge on any atom is -0.379 e. The van der Waals surface area contributed by atoms with E-state index in [9.17, 15) is 9.59 Å². The van der Waals surface area contributed by atoms with Gasteiger partial charge in [0.15, 0.2) is 0 Å². The van der Waals surface area contributed by atoms with E-state index in [0.29, 0.717) is 5.57 Å². The molecule has 0 atom stereocenters. The number of hydrogen-bond acceptors (Lipinski definition) is 6. The van der Waals surface area contributed by atoms with E-state index in [1.807, 2.05) is 78.9 Å². The van der Waals surface area contributed by atoms with Crippen LogP contribution in [0.3, 0.4) is 0 Å². The van der Waals surface area contributed by atoms with E-state index in [1.165, 1.54) is 0 Å². The van der Waals surface area contributed by atoms with Crippen LogP contribution in [-0.2, 0) is 14.3 Å². The Morgan fingerprint density at radius 2 is 1.68 bits per heavy atom. The zero-order valence-corrected chi connectivity index (χ0v) is 21.6. The molecule has 0 unspecified atom stereocenters. The predicted molar refractivity (Wildman–Crippen MR) is 152 cm³/mol. The molecule has 2 heterocycles. The Morgan fingerprint density at radius 1 is 0.974 bits per heavy atom. The highest BCUT2D eigenvalue weighted by Gasteiger charge is 2.28. The Kier molecular flexibility index (Phi) is 8.13. The molecule has 2 aliphatic rings. The first-order valence-corrected chi connectivity index (χ1v) is 12.9. The number of anilines is 3. The van der Waals surface area contributed by atoms with Gasteiger partial charge in [-0.1, -0.05) is 48.5 Å². The van der Waals surface area contributed by atoms with Crippen LogP contribution in [0.15, 0.2) is 78.9 Å². The molecule has 0 radical (unpaired) electrons. The molecule has 3 aromatic rings. The molecule has 1 fully saturated rings. The molecule has 3 aromatic carbocycles. The number of benzene rings is 3. The Hall–Kier alpha value is -3.98. The number of hydrogen-bond donors (Lipinski definition) is 3. The van der Waals surface area contributed by atoms with Gasteiger partial charge >= 0.3 is 0 Å². The standard InChI is InChI=1S/C30H33N5O3/c1-34(27(36)21-31-15-16-35-17-19-38-20-18-35)24-13-11-23(12-14-24)32-29(22-7-3-2-4-8-22)28-25-9-5-6-10-26(25)33-30(28)37/h2-14,31-32H,15-21H2,1H3,(H,33,37)/b29-28-. The first kappa shape index (κ1) is 25.7. The average molecular weight is 512 g/mol. The molecule has 0 bridgehead atoms. The Labute approximate surface area is 223 Å². The van der Waals surface area contributed by atoms with Crippen molar-refractivity contribution in [3.8, 4) is 0 Å². The average Bonchev–Trinajstić information content (AvgIpc) is 3.30. The van der Waals surface area contributed by atoms with E-state index in [-0.39, 0.29) is 18.4 Å². The van der Waals surface area contributed by atoms with Crippen LogP contribution in [0.4, 0.5) is 17.1 Å². The number of carbonyl (C=O) groups is 2. The molecule has 8 heteroatoms. The number of nitrogens with one attached hydrogen (secondary N) is 3. The first-order valence-electron chi connectivity index (χ1n) is 12.9. The molecule has 3 N–H and O–H groups in total. The normalized spacial score (nSPS) is 16.5. The molecule has 0 aromatic heterocycles. The minimum atomic E-state index is -0.138. The summed E-state index contributed by atoms with van der Waals surface area (Å²) in [6, 6.07) is 25.2. The topological polar surface area (TPSA) is 85.9 Å². The van der Waals surface area contributed by atoms with Crippen molar-refractivity contribution >= 4 is 40.1 Å². The summed E-state index contributed by atoms with van der Waals surface area (Å²) in [5.74, 6) is -0.139. The molecule has 38 heavy (non-hydrogen) atoms. The molecule has 0 aliphatic carbocycles. The first-order chi connectivity index (χ1) is 18.6. The molecule has 8 nitrogen and oxygen atoms in total. The van der Waals surface area contributed by atoms with Gasteiger partial charge in [0.2, 0.25) is 5.91 Å². The van der Waals surface area contributed by atoms with Crippen molar-refractivity contribution < 1.29 is 14.3 Å². The fourth-order valence-electron chi connectivity index (χ4n) is 4.68. The monoisotopic (exact) mass is 511 g/mol. The lowest BCUT2D eigenvalue weighted by Crippen LogP contribution is -2.42. The van der Waals surface area contributed by atoms with E-state index >= 15 is 0 Å². The highest BCUT2D eigenvalue weighted by atomic mass is 16.5. The molecule has 0 spiro atoms. The number of amides is 2. The molecule has 1 saturated heterocycles. The van der Waals surface area contributed by atoms with Gasteiger partial charge in [-0.3, -0.25) is 14.5 Å². The van der Waals surface area contributed by atoms with Gasteiger partial charge in [0.25, 0.3) is 5.91 Å². The lowest BCUT2D eigenvalue weighted by Gasteiger charge is -2.26. The molecule has 2 aliphatic heterocycles. The molecular formula is C30H33N5O3. The number of carbonyl (C=O) groups excluding carboxylic acids is 2. The second-order valence-corrected chi connectivity index (χ2v) is 9.37. The number of rotatable bonds is 9. The van der Waals surface area contributed by atoms with Crippen LogP contribution in [0.1, 0.15) is 11.1 Å². The van der Waals surface area contributed by atoms with Gasteiger partial charge in [0.1, 0.15) is 0 Å². The van der Waals surface area contributed by atoms with Crippen molar-refractivity contribution in [3.63, 3.8) is 0 Å². The van der Waals surface area contributed by atoms with Crippen molar-refractivity contribution in [2.75, 3.05) is 68.5 Å². The summed E-state index contributed by atoms with van der Waals surface area (Å²) >= 11 is 0. The van der Waals surface area contributed by atoms with Crippen molar-refractivity contribution in [1.29, 1.82) is 0 Å². The van der Waals surface area contributed by atoms with Gasteiger partial charge in [-0.05, 0) is 35.9 Å². The SMILES string of the molecule is CN(C(=O)CNCCN1CCOCC1)c1ccc(N/C(=C2\C(=O)Nc3ccccc32)c2ccccc2)cc1. The maximum atomic E-state index is 13.0. The maximum Gasteiger partial charge on any atom is 0.258 e. The lowest BCUT2D eigenvalue weighted by molar-refractivity contribution is -0.117. The molecule has 5 rings (SSSR count). The third kappa shape index (κ3) is 5.94. The third-order valence-corrected chi connectivity index (χ3v) is 6.87. The predicted octanol–water partition coefficient (Wildman–Crippen LogP) is 3.50. The Bertz CT molecular complexity index is 1300. The van der Waals surface area contributed by atoms with Crippen molar-refractivity contribution in [2.24, 2.45) is 0 Å². The highest BCUT2D eigenvalue weighted by molar-refractivity contribution is 6.37. The summed E-state index contributed by atoms with van der Waals surface area (Å²) < 4.78 is 5.37. The zero-order chi connectivity index (χ0) is 26.3. The van der Waals surface area contributed by atoms with Crippen LogP contribution in [0, 0.1) is 0 Å². The number of fused-ring (bicyclic) bond motifs is 1.